The number of thiocarbonyl (C=S) groups is 1. The lowest BCUT2D eigenvalue weighted by atomic mass is 9.92. The third kappa shape index (κ3) is 4.07. The van der Waals surface area contributed by atoms with Crippen molar-refractivity contribution in [3.63, 3.8) is 0 Å². The summed E-state index contributed by atoms with van der Waals surface area (Å²) in [5, 5.41) is 7.17. The van der Waals surface area contributed by atoms with Gasteiger partial charge in [0, 0.05) is 10.6 Å². The first kappa shape index (κ1) is 19.2. The maximum atomic E-state index is 12.9. The first-order valence-corrected chi connectivity index (χ1v) is 9.21. The summed E-state index contributed by atoms with van der Waals surface area (Å²) in [6, 6.07) is 14.2. The molecule has 7 heteroatoms. The van der Waals surface area contributed by atoms with Crippen molar-refractivity contribution in [2.75, 3.05) is 13.7 Å². The zero-order valence-corrected chi connectivity index (χ0v) is 16.5. The molecule has 140 valence electrons. The number of carbonyl (C=O) groups excluding carboxylic acids is 1. The summed E-state index contributed by atoms with van der Waals surface area (Å²) in [7, 11) is 1.57. The Balaban J connectivity index is 2.23. The van der Waals surface area contributed by atoms with Crippen LogP contribution in [0.4, 0.5) is 0 Å². The van der Waals surface area contributed by atoms with Crippen LogP contribution in [0.2, 0.25) is 5.02 Å². The largest absolute Gasteiger partial charge is 0.496 e. The van der Waals surface area contributed by atoms with Gasteiger partial charge in [0.25, 0.3) is 0 Å². The summed E-state index contributed by atoms with van der Waals surface area (Å²) in [4.78, 5) is 12.9. The Morgan fingerprint density at radius 1 is 1.22 bits per heavy atom. The zero-order chi connectivity index (χ0) is 19.4. The number of rotatable bonds is 5. The summed E-state index contributed by atoms with van der Waals surface area (Å²) < 4.78 is 10.8. The van der Waals surface area contributed by atoms with Gasteiger partial charge in [0.1, 0.15) is 5.75 Å². The van der Waals surface area contributed by atoms with Crippen molar-refractivity contribution in [3.05, 3.63) is 70.3 Å². The van der Waals surface area contributed by atoms with Crippen LogP contribution in [-0.2, 0) is 9.53 Å². The maximum absolute atomic E-state index is 12.9. The molecule has 0 saturated carbocycles. The number of methoxy groups -OCH3 is 1. The Kier molecular flexibility index (Phi) is 5.98. The quantitative estimate of drug-likeness (QED) is 0.585. The molecule has 2 aromatic rings. The van der Waals surface area contributed by atoms with Crippen LogP contribution in [0.25, 0.3) is 5.70 Å². The molecule has 0 spiro atoms. The highest BCUT2D eigenvalue weighted by molar-refractivity contribution is 7.80. The van der Waals surface area contributed by atoms with Gasteiger partial charge in [-0.15, -0.1) is 0 Å². The van der Waals surface area contributed by atoms with Gasteiger partial charge in [0.2, 0.25) is 0 Å². The second-order valence-electron chi connectivity index (χ2n) is 5.79. The maximum Gasteiger partial charge on any atom is 0.338 e. The van der Waals surface area contributed by atoms with E-state index in [-0.39, 0.29) is 6.61 Å². The smallest absolute Gasteiger partial charge is 0.338 e. The molecule has 1 atom stereocenters. The topological polar surface area (TPSA) is 59.6 Å². The molecule has 0 fully saturated rings. The number of hydrogen-bond acceptors (Lipinski definition) is 4. The van der Waals surface area contributed by atoms with E-state index in [0.717, 1.165) is 5.56 Å². The minimum Gasteiger partial charge on any atom is -0.496 e. The molecule has 2 N–H and O–H groups in total. The Morgan fingerprint density at radius 2 is 1.96 bits per heavy atom. The van der Waals surface area contributed by atoms with E-state index in [1.54, 1.807) is 32.2 Å². The summed E-state index contributed by atoms with van der Waals surface area (Å²) in [5.74, 6) is 0.154. The Hall–Kier alpha value is -2.57. The van der Waals surface area contributed by atoms with Crippen LogP contribution in [-0.4, -0.2) is 24.8 Å². The summed E-state index contributed by atoms with van der Waals surface area (Å²) in [6.45, 7) is 2.03. The molecule has 0 aromatic heterocycles. The fraction of sp³-hybridized carbons (Fsp3) is 0.200. The highest BCUT2D eigenvalue weighted by atomic mass is 35.5. The first-order valence-electron chi connectivity index (χ1n) is 8.42. The fourth-order valence-electron chi connectivity index (χ4n) is 2.99. The van der Waals surface area contributed by atoms with Crippen LogP contribution in [0.5, 0.6) is 5.75 Å². The summed E-state index contributed by atoms with van der Waals surface area (Å²) in [6.07, 6.45) is 0. The van der Waals surface area contributed by atoms with Crippen LogP contribution in [0.15, 0.2) is 54.1 Å². The van der Waals surface area contributed by atoms with Gasteiger partial charge in [-0.05, 0) is 42.9 Å². The summed E-state index contributed by atoms with van der Waals surface area (Å²) >= 11 is 11.6. The molecule has 27 heavy (non-hydrogen) atoms. The van der Waals surface area contributed by atoms with Gasteiger partial charge >= 0.3 is 5.97 Å². The van der Waals surface area contributed by atoms with Crippen molar-refractivity contribution in [1.82, 2.24) is 10.6 Å². The second kappa shape index (κ2) is 8.41. The molecule has 3 rings (SSSR count). The van der Waals surface area contributed by atoms with Gasteiger partial charge in [-0.25, -0.2) is 4.79 Å². The van der Waals surface area contributed by atoms with E-state index in [1.807, 2.05) is 30.3 Å². The predicted octanol–water partition coefficient (Wildman–Crippen LogP) is 3.84. The number of nitrogens with one attached hydrogen (secondary N) is 2. The van der Waals surface area contributed by atoms with Crippen LogP contribution in [0, 0.1) is 0 Å². The molecular formula is C20H19ClN2O3S. The van der Waals surface area contributed by atoms with Crippen LogP contribution in [0.3, 0.4) is 0 Å². The van der Waals surface area contributed by atoms with E-state index in [1.165, 1.54) is 0 Å². The molecular weight excluding hydrogens is 384 g/mol. The lowest BCUT2D eigenvalue weighted by Gasteiger charge is -2.32. The van der Waals surface area contributed by atoms with E-state index in [2.05, 4.69) is 10.6 Å². The molecule has 0 aliphatic carbocycles. The van der Waals surface area contributed by atoms with Crippen molar-refractivity contribution in [3.8, 4) is 5.75 Å². The van der Waals surface area contributed by atoms with E-state index in [4.69, 9.17) is 33.3 Å². The van der Waals surface area contributed by atoms with Crippen LogP contribution < -0.4 is 15.4 Å². The molecule has 0 bridgehead atoms. The number of ether oxygens (including phenoxy) is 2. The molecule has 1 aliphatic heterocycles. The average Bonchev–Trinajstić information content (AvgIpc) is 2.68. The van der Waals surface area contributed by atoms with Gasteiger partial charge in [-0.1, -0.05) is 41.9 Å². The molecule has 1 heterocycles. The van der Waals surface area contributed by atoms with Gasteiger partial charge in [-0.3, -0.25) is 0 Å². The molecule has 1 aliphatic rings. The van der Waals surface area contributed by atoms with Crippen molar-refractivity contribution < 1.29 is 14.3 Å². The molecule has 0 amide bonds. The van der Waals surface area contributed by atoms with Gasteiger partial charge in [-0.2, -0.15) is 0 Å². The first-order chi connectivity index (χ1) is 13.0. The Morgan fingerprint density at radius 3 is 2.63 bits per heavy atom. The van der Waals surface area contributed by atoms with Crippen LogP contribution in [0.1, 0.15) is 24.1 Å². The minimum atomic E-state index is -0.568. The molecule has 0 radical (unpaired) electrons. The normalized spacial score (nSPS) is 16.4. The third-order valence-corrected chi connectivity index (χ3v) is 4.59. The lowest BCUT2D eigenvalue weighted by molar-refractivity contribution is -0.138. The zero-order valence-electron chi connectivity index (χ0n) is 14.9. The number of halogens is 1. The molecule has 5 nitrogen and oxygen atoms in total. The number of benzene rings is 2. The summed E-state index contributed by atoms with van der Waals surface area (Å²) in [5.41, 5.74) is 2.54. The van der Waals surface area contributed by atoms with Crippen molar-refractivity contribution >= 4 is 40.6 Å². The van der Waals surface area contributed by atoms with Crippen molar-refractivity contribution in [2.45, 2.75) is 13.0 Å². The minimum absolute atomic E-state index is 0.258. The molecule has 0 saturated heterocycles. The average molecular weight is 403 g/mol. The number of hydrogen-bond donors (Lipinski definition) is 2. The van der Waals surface area contributed by atoms with Gasteiger partial charge < -0.3 is 20.1 Å². The number of esters is 1. The van der Waals surface area contributed by atoms with E-state index >= 15 is 0 Å². The SMILES string of the molecule is CCOC(=O)C1=C(c2ccccc2)NC(=S)NC1c1cc(Cl)ccc1OC. The standard InChI is InChI=1S/C20H19ClN2O3S/c1-3-26-19(24)16-17(12-7-5-4-6-8-12)22-20(27)23-18(16)14-11-13(21)9-10-15(14)25-2/h4-11,18H,3H2,1-2H3,(H2,22,23,27). The lowest BCUT2D eigenvalue weighted by Crippen LogP contribution is -2.45. The highest BCUT2D eigenvalue weighted by Gasteiger charge is 2.34. The monoisotopic (exact) mass is 402 g/mol. The number of carbonyl (C=O) groups is 1. The second-order valence-corrected chi connectivity index (χ2v) is 6.64. The van der Waals surface area contributed by atoms with Gasteiger partial charge in [0.15, 0.2) is 5.11 Å². The van der Waals surface area contributed by atoms with Crippen molar-refractivity contribution in [2.24, 2.45) is 0 Å². The predicted molar refractivity (Wildman–Crippen MR) is 110 cm³/mol. The Bertz CT molecular complexity index is 899. The fourth-order valence-corrected chi connectivity index (χ4v) is 3.39. The Labute approximate surface area is 168 Å². The van der Waals surface area contributed by atoms with E-state index < -0.39 is 12.0 Å². The molecule has 1 unspecified atom stereocenters. The van der Waals surface area contributed by atoms with Crippen molar-refractivity contribution in [1.29, 1.82) is 0 Å². The van der Waals surface area contributed by atoms with E-state index in [0.29, 0.717) is 32.7 Å². The van der Waals surface area contributed by atoms with E-state index in [9.17, 15) is 4.79 Å². The third-order valence-electron chi connectivity index (χ3n) is 4.13. The molecule has 2 aromatic carbocycles. The highest BCUT2D eigenvalue weighted by Crippen LogP contribution is 2.37. The van der Waals surface area contributed by atoms with Gasteiger partial charge in [0.05, 0.1) is 31.0 Å². The van der Waals surface area contributed by atoms with Crippen LogP contribution >= 0.6 is 23.8 Å².